The number of furan rings is 1. The van der Waals surface area contributed by atoms with Gasteiger partial charge in [-0.2, -0.15) is 4.98 Å². The fourth-order valence-corrected chi connectivity index (χ4v) is 5.18. The van der Waals surface area contributed by atoms with Crippen molar-refractivity contribution in [1.82, 2.24) is 4.98 Å². The monoisotopic (exact) mass is 477 g/mol. The van der Waals surface area contributed by atoms with E-state index >= 15 is 0 Å². The molecular weight excluding hydrogens is 465 g/mol. The number of ketones is 1. The summed E-state index contributed by atoms with van der Waals surface area (Å²) in [6.07, 6.45) is 1.39. The molecule has 6 nitrogen and oxygen atoms in total. The first kappa shape index (κ1) is 21.4. The second kappa shape index (κ2) is 8.70. The summed E-state index contributed by atoms with van der Waals surface area (Å²) in [6.45, 7) is 0. The summed E-state index contributed by atoms with van der Waals surface area (Å²) in [4.78, 5) is 16.4. The van der Waals surface area contributed by atoms with Gasteiger partial charge in [0.25, 0.3) is 5.89 Å². The Labute approximate surface area is 186 Å². The first-order valence-electron chi connectivity index (χ1n) is 8.81. The number of hydrogen-bond acceptors (Lipinski definition) is 7. The highest BCUT2D eigenvalue weighted by Crippen LogP contribution is 2.35. The lowest BCUT2D eigenvalue weighted by molar-refractivity contribution is 0.102. The topological polar surface area (TPSA) is 90.4 Å². The van der Waals surface area contributed by atoms with Gasteiger partial charge in [0.1, 0.15) is 5.82 Å². The second-order valence-electron chi connectivity index (χ2n) is 6.27. The number of rotatable bonds is 7. The van der Waals surface area contributed by atoms with Crippen LogP contribution in [-0.2, 0) is 9.84 Å². The molecule has 0 amide bonds. The molecule has 0 saturated heterocycles. The van der Waals surface area contributed by atoms with E-state index in [0.29, 0.717) is 10.6 Å². The predicted molar refractivity (Wildman–Crippen MR) is 113 cm³/mol. The van der Waals surface area contributed by atoms with E-state index in [1.165, 1.54) is 6.26 Å². The minimum absolute atomic E-state index is 0.0490. The average Bonchev–Trinajstić information content (AvgIpc) is 3.43. The van der Waals surface area contributed by atoms with Gasteiger partial charge in [0, 0.05) is 10.6 Å². The van der Waals surface area contributed by atoms with Crippen molar-refractivity contribution < 1.29 is 26.4 Å². The third kappa shape index (κ3) is 4.58. The quantitative estimate of drug-likeness (QED) is 0.196. The van der Waals surface area contributed by atoms with Crippen molar-refractivity contribution in [2.24, 2.45) is 0 Å². The average molecular weight is 478 g/mol. The normalized spacial score (nSPS) is 11.5. The SMILES string of the molecule is O=C(CSc1oc(-c2ccco2)nc1S(=O)(=O)c1ccc(F)cc1)c1ccc(Cl)cc1. The first-order chi connectivity index (χ1) is 14.8. The second-order valence-corrected chi connectivity index (χ2v) is 9.51. The van der Waals surface area contributed by atoms with Crippen LogP contribution in [0, 0.1) is 5.82 Å². The van der Waals surface area contributed by atoms with Crippen LogP contribution in [0.15, 0.2) is 90.8 Å². The zero-order valence-corrected chi connectivity index (χ0v) is 18.0. The van der Waals surface area contributed by atoms with Gasteiger partial charge in [0.2, 0.25) is 20.0 Å². The standard InChI is InChI=1S/C21H13ClFNO5S2/c22-14-5-3-13(4-6-14)17(25)12-30-21-20(24-19(29-21)18-2-1-11-28-18)31(26,27)16-9-7-15(23)8-10-16/h1-11H,12H2. The van der Waals surface area contributed by atoms with Crippen LogP contribution < -0.4 is 0 Å². The largest absolute Gasteiger partial charge is 0.459 e. The molecular formula is C21H13ClFNO5S2. The molecule has 2 aromatic carbocycles. The molecule has 0 atom stereocenters. The van der Waals surface area contributed by atoms with E-state index in [9.17, 15) is 17.6 Å². The molecule has 10 heteroatoms. The summed E-state index contributed by atoms with van der Waals surface area (Å²) in [5.41, 5.74) is 0.422. The van der Waals surface area contributed by atoms with E-state index in [-0.39, 0.29) is 38.2 Å². The Morgan fingerprint density at radius 1 is 1.06 bits per heavy atom. The summed E-state index contributed by atoms with van der Waals surface area (Å²) < 4.78 is 50.3. The number of sulfone groups is 1. The Kier molecular flexibility index (Phi) is 5.99. The fraction of sp³-hybridized carbons (Fsp3) is 0.0476. The van der Waals surface area contributed by atoms with Crippen molar-refractivity contribution in [3.63, 3.8) is 0 Å². The fourth-order valence-electron chi connectivity index (χ4n) is 2.63. The Bertz CT molecular complexity index is 1320. The van der Waals surface area contributed by atoms with Crippen LogP contribution in [0.3, 0.4) is 0 Å². The highest BCUT2D eigenvalue weighted by molar-refractivity contribution is 8.00. The molecule has 0 fully saturated rings. The lowest BCUT2D eigenvalue weighted by atomic mass is 10.1. The number of nitrogens with zero attached hydrogens (tertiary/aromatic N) is 1. The summed E-state index contributed by atoms with van der Waals surface area (Å²) in [5, 5.41) is 0.0488. The maximum atomic E-state index is 13.3. The molecule has 31 heavy (non-hydrogen) atoms. The van der Waals surface area contributed by atoms with Crippen LogP contribution in [0.25, 0.3) is 11.7 Å². The van der Waals surface area contributed by atoms with Crippen LogP contribution >= 0.6 is 23.4 Å². The van der Waals surface area contributed by atoms with E-state index < -0.39 is 15.7 Å². The van der Waals surface area contributed by atoms with Crippen LogP contribution in [0.1, 0.15) is 10.4 Å². The molecule has 0 aliphatic carbocycles. The smallest absolute Gasteiger partial charge is 0.265 e. The predicted octanol–water partition coefficient (Wildman–Crippen LogP) is 5.53. The highest BCUT2D eigenvalue weighted by Gasteiger charge is 2.30. The Morgan fingerprint density at radius 2 is 1.77 bits per heavy atom. The van der Waals surface area contributed by atoms with Crippen LogP contribution in [0.4, 0.5) is 4.39 Å². The highest BCUT2D eigenvalue weighted by atomic mass is 35.5. The van der Waals surface area contributed by atoms with Gasteiger partial charge in [-0.25, -0.2) is 12.8 Å². The number of thioether (sulfide) groups is 1. The van der Waals surface area contributed by atoms with Gasteiger partial charge in [0.05, 0.1) is 16.9 Å². The molecule has 0 radical (unpaired) electrons. The molecule has 0 saturated carbocycles. The van der Waals surface area contributed by atoms with E-state index in [4.69, 9.17) is 20.4 Å². The van der Waals surface area contributed by atoms with E-state index in [2.05, 4.69) is 4.98 Å². The van der Waals surface area contributed by atoms with E-state index in [1.807, 2.05) is 0 Å². The third-order valence-corrected chi connectivity index (χ3v) is 7.18. The van der Waals surface area contributed by atoms with Gasteiger partial charge in [-0.1, -0.05) is 23.4 Å². The molecule has 0 N–H and O–H groups in total. The number of carbonyl (C=O) groups is 1. The minimum atomic E-state index is -4.14. The molecule has 4 rings (SSSR count). The number of halogens is 2. The lowest BCUT2D eigenvalue weighted by Gasteiger charge is -2.04. The van der Waals surface area contributed by atoms with Crippen molar-refractivity contribution in [1.29, 1.82) is 0 Å². The van der Waals surface area contributed by atoms with Gasteiger partial charge in [-0.15, -0.1) is 0 Å². The van der Waals surface area contributed by atoms with E-state index in [1.54, 1.807) is 36.4 Å². The molecule has 0 aliphatic heterocycles. The Balaban J connectivity index is 1.68. The van der Waals surface area contributed by atoms with E-state index in [0.717, 1.165) is 36.0 Å². The molecule has 2 aromatic heterocycles. The number of benzene rings is 2. The Hall–Kier alpha value is -2.88. The summed E-state index contributed by atoms with van der Waals surface area (Å²) >= 11 is 6.73. The maximum Gasteiger partial charge on any atom is 0.265 e. The van der Waals surface area contributed by atoms with Crippen molar-refractivity contribution in [2.75, 3.05) is 5.75 Å². The number of carbonyl (C=O) groups excluding carboxylic acids is 1. The van der Waals surface area contributed by atoms with Crippen molar-refractivity contribution in [2.45, 2.75) is 15.0 Å². The molecule has 0 aliphatic rings. The van der Waals surface area contributed by atoms with Gasteiger partial charge < -0.3 is 8.83 Å². The summed E-state index contributed by atoms with van der Waals surface area (Å²) in [5.74, 6) is -0.736. The zero-order valence-electron chi connectivity index (χ0n) is 15.6. The van der Waals surface area contributed by atoms with Crippen LogP contribution in [0.5, 0.6) is 0 Å². The van der Waals surface area contributed by atoms with Gasteiger partial charge in [-0.05, 0) is 60.7 Å². The zero-order chi connectivity index (χ0) is 22.0. The maximum absolute atomic E-state index is 13.3. The molecule has 2 heterocycles. The lowest BCUT2D eigenvalue weighted by Crippen LogP contribution is -2.06. The van der Waals surface area contributed by atoms with Crippen molar-refractivity contribution >= 4 is 39.0 Å². The van der Waals surface area contributed by atoms with Crippen molar-refractivity contribution in [3.05, 3.63) is 83.3 Å². The number of oxazole rings is 1. The van der Waals surface area contributed by atoms with Gasteiger partial charge in [0.15, 0.2) is 11.5 Å². The number of aromatic nitrogens is 1. The third-order valence-electron chi connectivity index (χ3n) is 4.18. The van der Waals surface area contributed by atoms with Crippen LogP contribution in [0.2, 0.25) is 5.02 Å². The molecule has 0 bridgehead atoms. The molecule has 4 aromatic rings. The van der Waals surface area contributed by atoms with Crippen LogP contribution in [-0.4, -0.2) is 24.9 Å². The van der Waals surface area contributed by atoms with Crippen molar-refractivity contribution in [3.8, 4) is 11.7 Å². The first-order valence-corrected chi connectivity index (χ1v) is 11.7. The molecule has 158 valence electrons. The summed E-state index contributed by atoms with van der Waals surface area (Å²) in [7, 11) is -4.14. The van der Waals surface area contributed by atoms with Gasteiger partial charge in [-0.3, -0.25) is 4.79 Å². The minimum Gasteiger partial charge on any atom is -0.459 e. The summed E-state index contributed by atoms with van der Waals surface area (Å²) in [6, 6.07) is 13.9. The van der Waals surface area contributed by atoms with Gasteiger partial charge >= 0.3 is 0 Å². The number of Topliss-reactive ketones (excluding diaryl/α,β-unsaturated/α-hetero) is 1. The molecule has 0 spiro atoms. The number of hydrogen-bond donors (Lipinski definition) is 0. The Morgan fingerprint density at radius 3 is 2.42 bits per heavy atom. The molecule has 0 unspecified atom stereocenters.